The minimum atomic E-state index is 0.447. The monoisotopic (exact) mass is 294 g/mol. The molecule has 1 N–H and O–H groups in total. The maximum atomic E-state index is 3.77. The first-order valence-electron chi connectivity index (χ1n) is 9.24. The number of nitrogens with one attached hydrogen (secondary N) is 1. The molecule has 1 spiro atoms. The van der Waals surface area contributed by atoms with Gasteiger partial charge in [-0.3, -0.25) is 0 Å². The van der Waals surface area contributed by atoms with Gasteiger partial charge in [0, 0.05) is 12.6 Å². The lowest BCUT2D eigenvalue weighted by Crippen LogP contribution is -2.46. The molecule has 2 heteroatoms. The van der Waals surface area contributed by atoms with E-state index in [2.05, 4.69) is 44.8 Å². The molecule has 1 aliphatic carbocycles. The van der Waals surface area contributed by atoms with E-state index in [1.165, 1.54) is 64.7 Å². The quantitative estimate of drug-likeness (QED) is 0.831. The molecule has 0 atom stereocenters. The van der Waals surface area contributed by atoms with Crippen molar-refractivity contribution in [2.75, 3.05) is 26.2 Å². The summed E-state index contributed by atoms with van der Waals surface area (Å²) in [5.74, 6) is 0.779. The highest BCUT2D eigenvalue weighted by Crippen LogP contribution is 2.44. The van der Waals surface area contributed by atoms with E-state index < -0.39 is 0 Å². The molecular weight excluding hydrogens is 256 g/mol. The zero-order chi connectivity index (χ0) is 15.5. The van der Waals surface area contributed by atoms with Crippen LogP contribution in [0, 0.1) is 16.7 Å². The lowest BCUT2D eigenvalue weighted by Gasteiger charge is -2.47. The van der Waals surface area contributed by atoms with Crippen molar-refractivity contribution in [1.29, 1.82) is 0 Å². The summed E-state index contributed by atoms with van der Waals surface area (Å²) in [6.45, 7) is 16.8. The Balaban J connectivity index is 1.72. The molecular formula is C19H38N2. The summed E-state index contributed by atoms with van der Waals surface area (Å²) < 4.78 is 0. The van der Waals surface area contributed by atoms with Crippen LogP contribution in [0.2, 0.25) is 0 Å². The Hall–Kier alpha value is -0.0800. The largest absolute Gasteiger partial charge is 0.314 e. The lowest BCUT2D eigenvalue weighted by molar-refractivity contribution is 0.0439. The number of hydrogen-bond donors (Lipinski definition) is 1. The molecule has 21 heavy (non-hydrogen) atoms. The van der Waals surface area contributed by atoms with E-state index in [-0.39, 0.29) is 0 Å². The van der Waals surface area contributed by atoms with Crippen LogP contribution in [0.4, 0.5) is 0 Å². The number of likely N-dealkylation sites (tertiary alicyclic amines) is 1. The van der Waals surface area contributed by atoms with E-state index in [0.29, 0.717) is 10.8 Å². The molecule has 2 nitrogen and oxygen atoms in total. The molecule has 0 unspecified atom stereocenters. The third kappa shape index (κ3) is 5.56. The molecule has 0 amide bonds. The summed E-state index contributed by atoms with van der Waals surface area (Å²) in [5, 5.41) is 3.77. The Bertz CT molecular complexity index is 298. The van der Waals surface area contributed by atoms with Gasteiger partial charge in [0.25, 0.3) is 0 Å². The summed E-state index contributed by atoms with van der Waals surface area (Å²) in [6, 6.07) is 0.797. The first-order valence-corrected chi connectivity index (χ1v) is 9.24. The van der Waals surface area contributed by atoms with Gasteiger partial charge in [-0.1, -0.05) is 34.6 Å². The van der Waals surface area contributed by atoms with Gasteiger partial charge in [-0.25, -0.2) is 0 Å². The maximum absolute atomic E-state index is 3.77. The predicted octanol–water partition coefficient (Wildman–Crippen LogP) is 4.30. The van der Waals surface area contributed by atoms with Crippen LogP contribution in [0.1, 0.15) is 73.1 Å². The van der Waals surface area contributed by atoms with E-state index >= 15 is 0 Å². The van der Waals surface area contributed by atoms with Gasteiger partial charge in [-0.15, -0.1) is 0 Å². The smallest absolute Gasteiger partial charge is 0.00675 e. The Morgan fingerprint density at radius 2 is 1.62 bits per heavy atom. The highest BCUT2D eigenvalue weighted by Gasteiger charge is 2.38. The fourth-order valence-corrected chi connectivity index (χ4v) is 4.19. The Kier molecular flexibility index (Phi) is 5.76. The van der Waals surface area contributed by atoms with Gasteiger partial charge in [0.15, 0.2) is 0 Å². The molecule has 0 aromatic carbocycles. The van der Waals surface area contributed by atoms with E-state index in [4.69, 9.17) is 0 Å². The minimum Gasteiger partial charge on any atom is -0.314 e. The highest BCUT2D eigenvalue weighted by molar-refractivity contribution is 4.92. The fourth-order valence-electron chi connectivity index (χ4n) is 4.19. The van der Waals surface area contributed by atoms with Crippen molar-refractivity contribution in [1.82, 2.24) is 10.2 Å². The average Bonchev–Trinajstić information content (AvgIpc) is 2.40. The zero-order valence-corrected chi connectivity index (χ0v) is 15.2. The van der Waals surface area contributed by atoms with Crippen LogP contribution in [0.3, 0.4) is 0 Å². The van der Waals surface area contributed by atoms with E-state index in [9.17, 15) is 0 Å². The topological polar surface area (TPSA) is 15.3 Å². The van der Waals surface area contributed by atoms with Gasteiger partial charge < -0.3 is 10.2 Å². The predicted molar refractivity (Wildman–Crippen MR) is 92.7 cm³/mol. The summed E-state index contributed by atoms with van der Waals surface area (Å²) >= 11 is 0. The molecule has 2 fully saturated rings. The van der Waals surface area contributed by atoms with Gasteiger partial charge in [-0.2, -0.15) is 0 Å². The van der Waals surface area contributed by atoms with E-state index in [1.54, 1.807) is 0 Å². The highest BCUT2D eigenvalue weighted by atomic mass is 15.1. The number of rotatable bonds is 4. The average molecular weight is 295 g/mol. The second-order valence-corrected chi connectivity index (χ2v) is 9.41. The Morgan fingerprint density at radius 1 is 1.05 bits per heavy atom. The van der Waals surface area contributed by atoms with Crippen LogP contribution in [-0.4, -0.2) is 37.1 Å². The van der Waals surface area contributed by atoms with Gasteiger partial charge in [0.2, 0.25) is 0 Å². The zero-order valence-electron chi connectivity index (χ0n) is 15.2. The van der Waals surface area contributed by atoms with Crippen LogP contribution in [0.25, 0.3) is 0 Å². The summed E-state index contributed by atoms with van der Waals surface area (Å²) in [4.78, 5) is 2.70. The molecule has 1 heterocycles. The molecule has 0 radical (unpaired) electrons. The normalized spacial score (nSPS) is 24.9. The molecule has 2 rings (SSSR count). The number of nitrogens with zero attached hydrogens (tertiary/aromatic N) is 1. The van der Waals surface area contributed by atoms with Crippen molar-refractivity contribution in [3.63, 3.8) is 0 Å². The van der Waals surface area contributed by atoms with Crippen LogP contribution >= 0.6 is 0 Å². The van der Waals surface area contributed by atoms with Gasteiger partial charge in [0.05, 0.1) is 0 Å². The fraction of sp³-hybridized carbons (Fsp3) is 1.00. The number of hydrogen-bond acceptors (Lipinski definition) is 2. The first kappa shape index (κ1) is 17.3. The third-order valence-electron chi connectivity index (χ3n) is 5.48. The first-order chi connectivity index (χ1) is 9.78. The SMILES string of the molecule is CC(C)CNC1CCC2(CC1)CCN(CC(C)(C)C)CC2. The molecule has 2 aliphatic rings. The Morgan fingerprint density at radius 3 is 2.10 bits per heavy atom. The van der Waals surface area contributed by atoms with Gasteiger partial charge >= 0.3 is 0 Å². The van der Waals surface area contributed by atoms with Gasteiger partial charge in [-0.05, 0) is 74.9 Å². The second kappa shape index (κ2) is 7.00. The van der Waals surface area contributed by atoms with Crippen molar-refractivity contribution < 1.29 is 0 Å². The molecule has 0 aromatic rings. The maximum Gasteiger partial charge on any atom is 0.00675 e. The van der Waals surface area contributed by atoms with Crippen molar-refractivity contribution in [2.45, 2.75) is 79.2 Å². The van der Waals surface area contributed by atoms with E-state index in [0.717, 1.165) is 12.0 Å². The van der Waals surface area contributed by atoms with Crippen molar-refractivity contribution >= 4 is 0 Å². The minimum absolute atomic E-state index is 0.447. The van der Waals surface area contributed by atoms with Crippen LogP contribution in [0.15, 0.2) is 0 Å². The van der Waals surface area contributed by atoms with Crippen molar-refractivity contribution in [2.24, 2.45) is 16.7 Å². The van der Waals surface area contributed by atoms with Crippen LogP contribution in [-0.2, 0) is 0 Å². The van der Waals surface area contributed by atoms with Crippen LogP contribution in [0.5, 0.6) is 0 Å². The Labute approximate surface area is 133 Å². The van der Waals surface area contributed by atoms with Crippen molar-refractivity contribution in [3.8, 4) is 0 Å². The van der Waals surface area contributed by atoms with E-state index in [1.807, 2.05) is 0 Å². The standard InChI is InChI=1S/C19H38N2/c1-16(2)14-20-17-6-8-19(9-7-17)10-12-21(13-11-19)15-18(3,4)5/h16-17,20H,6-15H2,1-5H3. The molecule has 0 bridgehead atoms. The molecule has 0 aromatic heterocycles. The summed E-state index contributed by atoms with van der Waals surface area (Å²) in [5.41, 5.74) is 1.15. The molecule has 1 aliphatic heterocycles. The van der Waals surface area contributed by atoms with Crippen molar-refractivity contribution in [3.05, 3.63) is 0 Å². The van der Waals surface area contributed by atoms with Crippen LogP contribution < -0.4 is 5.32 Å². The second-order valence-electron chi connectivity index (χ2n) is 9.41. The molecule has 1 saturated heterocycles. The summed E-state index contributed by atoms with van der Waals surface area (Å²) in [6.07, 6.45) is 8.64. The molecule has 1 saturated carbocycles. The number of piperidine rings is 1. The molecule has 124 valence electrons. The third-order valence-corrected chi connectivity index (χ3v) is 5.48. The lowest BCUT2D eigenvalue weighted by atomic mass is 9.67. The van der Waals surface area contributed by atoms with Gasteiger partial charge in [0.1, 0.15) is 0 Å². The summed E-state index contributed by atoms with van der Waals surface area (Å²) in [7, 11) is 0.